The molecule has 30 heavy (non-hydrogen) atoms. The van der Waals surface area contributed by atoms with Crippen LogP contribution < -0.4 is 10.6 Å². The van der Waals surface area contributed by atoms with Gasteiger partial charge in [-0.2, -0.15) is 0 Å². The van der Waals surface area contributed by atoms with Crippen molar-refractivity contribution in [3.63, 3.8) is 0 Å². The molecule has 7 nitrogen and oxygen atoms in total. The van der Waals surface area contributed by atoms with Crippen LogP contribution in [0.3, 0.4) is 0 Å². The molecular formula is C23H28N2O5. The summed E-state index contributed by atoms with van der Waals surface area (Å²) in [5, 5.41) is 5.22. The first-order valence-electron chi connectivity index (χ1n) is 9.88. The van der Waals surface area contributed by atoms with E-state index >= 15 is 0 Å². The predicted molar refractivity (Wildman–Crippen MR) is 113 cm³/mol. The van der Waals surface area contributed by atoms with E-state index in [0.717, 1.165) is 11.1 Å². The summed E-state index contributed by atoms with van der Waals surface area (Å²) >= 11 is 0. The molecule has 1 unspecified atom stereocenters. The van der Waals surface area contributed by atoms with Crippen LogP contribution >= 0.6 is 0 Å². The molecule has 2 rings (SSSR count). The van der Waals surface area contributed by atoms with Gasteiger partial charge in [-0.3, -0.25) is 4.79 Å². The Morgan fingerprint density at radius 1 is 0.867 bits per heavy atom. The Labute approximate surface area is 176 Å². The highest BCUT2D eigenvalue weighted by Crippen LogP contribution is 2.06. The lowest BCUT2D eigenvalue weighted by molar-refractivity contribution is -0.150. The molecule has 0 saturated carbocycles. The Morgan fingerprint density at radius 2 is 1.47 bits per heavy atom. The first-order valence-corrected chi connectivity index (χ1v) is 9.88. The first-order chi connectivity index (χ1) is 14.4. The highest BCUT2D eigenvalue weighted by Gasteiger charge is 2.24. The Balaban J connectivity index is 1.92. The van der Waals surface area contributed by atoms with Gasteiger partial charge in [-0.1, -0.05) is 74.5 Å². The quantitative estimate of drug-likeness (QED) is 0.586. The summed E-state index contributed by atoms with van der Waals surface area (Å²) in [6, 6.07) is 17.5. The van der Waals surface area contributed by atoms with Crippen molar-refractivity contribution in [1.29, 1.82) is 0 Å². The number of carbonyl (C=O) groups is 3. The van der Waals surface area contributed by atoms with Gasteiger partial charge in [-0.25, -0.2) is 9.59 Å². The van der Waals surface area contributed by atoms with Crippen molar-refractivity contribution < 1.29 is 23.9 Å². The highest BCUT2D eigenvalue weighted by molar-refractivity contribution is 5.85. The van der Waals surface area contributed by atoms with E-state index < -0.39 is 24.7 Å². The molecule has 2 aromatic rings. The maximum Gasteiger partial charge on any atom is 0.408 e. The monoisotopic (exact) mass is 412 g/mol. The van der Waals surface area contributed by atoms with Crippen molar-refractivity contribution in [2.24, 2.45) is 5.92 Å². The average Bonchev–Trinajstić information content (AvgIpc) is 2.75. The molecule has 0 heterocycles. The van der Waals surface area contributed by atoms with Crippen molar-refractivity contribution in [2.75, 3.05) is 13.2 Å². The van der Waals surface area contributed by atoms with Gasteiger partial charge in [0.2, 0.25) is 0 Å². The third-order valence-corrected chi connectivity index (χ3v) is 4.13. The Morgan fingerprint density at radius 3 is 2.07 bits per heavy atom. The number of ether oxygens (including phenoxy) is 2. The predicted octanol–water partition coefficient (Wildman–Crippen LogP) is 2.84. The molecule has 2 amide bonds. The Kier molecular flexibility index (Phi) is 9.37. The number of hydrogen-bond acceptors (Lipinski definition) is 5. The molecule has 0 aliphatic heterocycles. The van der Waals surface area contributed by atoms with Gasteiger partial charge in [0.1, 0.15) is 12.6 Å². The van der Waals surface area contributed by atoms with E-state index in [1.54, 1.807) is 0 Å². The summed E-state index contributed by atoms with van der Waals surface area (Å²) in [6.07, 6.45) is -0.519. The molecule has 0 radical (unpaired) electrons. The number of alkyl carbamates (subject to hydrolysis) is 1. The van der Waals surface area contributed by atoms with Crippen molar-refractivity contribution in [3.8, 4) is 0 Å². The second-order valence-electron chi connectivity index (χ2n) is 7.25. The van der Waals surface area contributed by atoms with E-state index in [4.69, 9.17) is 9.47 Å². The lowest BCUT2D eigenvalue weighted by Gasteiger charge is -2.18. The van der Waals surface area contributed by atoms with Crippen molar-refractivity contribution in [2.45, 2.75) is 32.9 Å². The normalized spacial score (nSPS) is 11.4. The smallest absolute Gasteiger partial charge is 0.408 e. The molecule has 0 aliphatic carbocycles. The molecule has 0 saturated heterocycles. The van der Waals surface area contributed by atoms with E-state index in [1.165, 1.54) is 0 Å². The summed E-state index contributed by atoms with van der Waals surface area (Å²) < 4.78 is 10.3. The molecule has 2 N–H and O–H groups in total. The zero-order chi connectivity index (χ0) is 21.8. The average molecular weight is 412 g/mol. The van der Waals surface area contributed by atoms with Gasteiger partial charge in [0, 0.05) is 13.0 Å². The number of benzene rings is 2. The van der Waals surface area contributed by atoms with Crippen LogP contribution in [-0.4, -0.2) is 37.2 Å². The van der Waals surface area contributed by atoms with Crippen molar-refractivity contribution in [1.82, 2.24) is 10.6 Å². The molecule has 0 bridgehead atoms. The fourth-order valence-corrected chi connectivity index (χ4v) is 2.56. The summed E-state index contributed by atoms with van der Waals surface area (Å²) in [4.78, 5) is 36.6. The summed E-state index contributed by atoms with van der Waals surface area (Å²) in [5.74, 6) is -0.797. The van der Waals surface area contributed by atoms with E-state index in [2.05, 4.69) is 10.6 Å². The highest BCUT2D eigenvalue weighted by atomic mass is 16.6. The number of rotatable bonds is 10. The van der Waals surface area contributed by atoms with Crippen LogP contribution in [0, 0.1) is 5.92 Å². The molecule has 0 aliphatic rings. The largest absolute Gasteiger partial charge is 0.454 e. The molecule has 0 fully saturated rings. The molecule has 1 atom stereocenters. The van der Waals surface area contributed by atoms with Crippen LogP contribution in [0.5, 0.6) is 0 Å². The third-order valence-electron chi connectivity index (χ3n) is 4.13. The number of carbonyl (C=O) groups excluding carboxylic acids is 3. The van der Waals surface area contributed by atoms with Crippen LogP contribution in [0.2, 0.25) is 0 Å². The van der Waals surface area contributed by atoms with Crippen molar-refractivity contribution >= 4 is 18.0 Å². The molecular weight excluding hydrogens is 384 g/mol. The van der Waals surface area contributed by atoms with Gasteiger partial charge in [0.25, 0.3) is 5.91 Å². The number of amides is 2. The number of hydrogen-bond donors (Lipinski definition) is 2. The van der Waals surface area contributed by atoms with Crippen LogP contribution in [0.15, 0.2) is 60.7 Å². The molecule has 7 heteroatoms. The summed E-state index contributed by atoms with van der Waals surface area (Å²) in [6.45, 7) is 4.10. The van der Waals surface area contributed by atoms with E-state index in [1.807, 2.05) is 74.5 Å². The Bertz CT molecular complexity index is 809. The van der Waals surface area contributed by atoms with Gasteiger partial charge in [0.05, 0.1) is 0 Å². The van der Waals surface area contributed by atoms with Crippen LogP contribution in [0.4, 0.5) is 4.79 Å². The number of nitrogens with one attached hydrogen (secondary N) is 2. The lowest BCUT2D eigenvalue weighted by Crippen LogP contribution is -2.44. The molecule has 0 spiro atoms. The SMILES string of the molecule is CC(C)CNC(=O)COC(=O)C(Cc1ccccc1)NC(=O)OCc1ccccc1. The topological polar surface area (TPSA) is 93.7 Å². The van der Waals surface area contributed by atoms with Crippen molar-refractivity contribution in [3.05, 3.63) is 71.8 Å². The zero-order valence-electron chi connectivity index (χ0n) is 17.3. The van der Waals surface area contributed by atoms with Gasteiger partial charge < -0.3 is 20.1 Å². The van der Waals surface area contributed by atoms with Crippen LogP contribution in [0.1, 0.15) is 25.0 Å². The minimum atomic E-state index is -0.978. The number of esters is 1. The fraction of sp³-hybridized carbons (Fsp3) is 0.348. The van der Waals surface area contributed by atoms with Gasteiger partial charge >= 0.3 is 12.1 Å². The van der Waals surface area contributed by atoms with E-state index in [0.29, 0.717) is 6.54 Å². The van der Waals surface area contributed by atoms with Gasteiger partial charge in [-0.15, -0.1) is 0 Å². The van der Waals surface area contributed by atoms with E-state index in [-0.39, 0.29) is 24.9 Å². The van der Waals surface area contributed by atoms with E-state index in [9.17, 15) is 14.4 Å². The second-order valence-corrected chi connectivity index (χ2v) is 7.25. The molecule has 160 valence electrons. The summed E-state index contributed by atoms with van der Waals surface area (Å²) in [5.41, 5.74) is 1.67. The molecule has 0 aromatic heterocycles. The third kappa shape index (κ3) is 8.77. The maximum atomic E-state index is 12.5. The minimum absolute atomic E-state index is 0.0807. The lowest BCUT2D eigenvalue weighted by atomic mass is 10.1. The summed E-state index contributed by atoms with van der Waals surface area (Å²) in [7, 11) is 0. The van der Waals surface area contributed by atoms with Crippen LogP contribution in [-0.2, 0) is 32.1 Å². The molecule has 2 aromatic carbocycles. The minimum Gasteiger partial charge on any atom is -0.454 e. The zero-order valence-corrected chi connectivity index (χ0v) is 17.3. The van der Waals surface area contributed by atoms with Gasteiger partial charge in [-0.05, 0) is 17.0 Å². The second kappa shape index (κ2) is 12.3. The maximum absolute atomic E-state index is 12.5. The Hall–Kier alpha value is -3.35. The fourth-order valence-electron chi connectivity index (χ4n) is 2.56. The van der Waals surface area contributed by atoms with Crippen LogP contribution in [0.25, 0.3) is 0 Å². The van der Waals surface area contributed by atoms with Gasteiger partial charge in [0.15, 0.2) is 6.61 Å². The standard InChI is InChI=1S/C23H28N2O5/c1-17(2)14-24-21(26)16-29-22(27)20(13-18-9-5-3-6-10-18)25-23(28)30-15-19-11-7-4-8-12-19/h3-12,17,20H,13-16H2,1-2H3,(H,24,26)(H,25,28). The first kappa shape index (κ1) is 22.9.